The fourth-order valence-electron chi connectivity index (χ4n) is 2.58. The molecule has 1 atom stereocenters. The molecule has 0 aromatic heterocycles. The first kappa shape index (κ1) is 18.1. The van der Waals surface area contributed by atoms with Gasteiger partial charge in [-0.15, -0.1) is 0 Å². The molecule has 0 fully saturated rings. The number of rotatable bonds is 7. The van der Waals surface area contributed by atoms with E-state index in [0.717, 1.165) is 23.1 Å². The lowest BCUT2D eigenvalue weighted by Gasteiger charge is -2.27. The number of hydrogen-bond donors (Lipinski definition) is 1. The predicted octanol–water partition coefficient (Wildman–Crippen LogP) is 2.83. The molecular formula is C16H28N2O2S. The SMILES string of the molecule is CCC(C)N(CC)S(=O)(=O)c1cc(CNC)c(C)cc1C. The van der Waals surface area contributed by atoms with Crippen LogP contribution in [0.4, 0.5) is 0 Å². The van der Waals surface area contributed by atoms with Crippen LogP contribution in [-0.2, 0) is 16.6 Å². The van der Waals surface area contributed by atoms with E-state index >= 15 is 0 Å². The van der Waals surface area contributed by atoms with Crippen molar-refractivity contribution in [2.75, 3.05) is 13.6 Å². The number of hydrogen-bond acceptors (Lipinski definition) is 3. The lowest BCUT2D eigenvalue weighted by molar-refractivity contribution is 0.342. The predicted molar refractivity (Wildman–Crippen MR) is 88.0 cm³/mol. The molecule has 21 heavy (non-hydrogen) atoms. The summed E-state index contributed by atoms with van der Waals surface area (Å²) in [6.07, 6.45) is 0.807. The molecule has 0 aliphatic carbocycles. The first-order chi connectivity index (χ1) is 9.79. The Bertz CT molecular complexity index is 582. The van der Waals surface area contributed by atoms with E-state index in [-0.39, 0.29) is 6.04 Å². The maximum Gasteiger partial charge on any atom is 0.243 e. The zero-order valence-electron chi connectivity index (χ0n) is 14.0. The van der Waals surface area contributed by atoms with Crippen molar-refractivity contribution in [2.24, 2.45) is 0 Å². The second-order valence-electron chi connectivity index (χ2n) is 5.54. The van der Waals surface area contributed by atoms with Crippen molar-refractivity contribution in [3.8, 4) is 0 Å². The van der Waals surface area contributed by atoms with Gasteiger partial charge in [-0.05, 0) is 57.0 Å². The van der Waals surface area contributed by atoms with E-state index in [2.05, 4.69) is 5.32 Å². The van der Waals surface area contributed by atoms with Crippen molar-refractivity contribution < 1.29 is 8.42 Å². The molecule has 0 aliphatic heterocycles. The number of sulfonamides is 1. The topological polar surface area (TPSA) is 49.4 Å². The summed E-state index contributed by atoms with van der Waals surface area (Å²) in [6.45, 7) is 10.9. The number of benzene rings is 1. The van der Waals surface area contributed by atoms with Crippen LogP contribution in [0.5, 0.6) is 0 Å². The quantitative estimate of drug-likeness (QED) is 0.842. The molecule has 5 heteroatoms. The van der Waals surface area contributed by atoms with Gasteiger partial charge in [-0.2, -0.15) is 4.31 Å². The maximum absolute atomic E-state index is 13.0. The van der Waals surface area contributed by atoms with Gasteiger partial charge in [0, 0.05) is 19.1 Å². The van der Waals surface area contributed by atoms with Crippen LogP contribution >= 0.6 is 0 Å². The van der Waals surface area contributed by atoms with Crippen molar-refractivity contribution in [1.82, 2.24) is 9.62 Å². The van der Waals surface area contributed by atoms with Gasteiger partial charge in [0.25, 0.3) is 0 Å². The molecule has 0 saturated carbocycles. The largest absolute Gasteiger partial charge is 0.316 e. The van der Waals surface area contributed by atoms with E-state index in [9.17, 15) is 8.42 Å². The zero-order chi connectivity index (χ0) is 16.2. The summed E-state index contributed by atoms with van der Waals surface area (Å²) in [5.74, 6) is 0. The van der Waals surface area contributed by atoms with Crippen LogP contribution in [-0.4, -0.2) is 32.4 Å². The highest BCUT2D eigenvalue weighted by Crippen LogP contribution is 2.25. The minimum atomic E-state index is -3.45. The first-order valence-electron chi connectivity index (χ1n) is 7.56. The van der Waals surface area contributed by atoms with Crippen molar-refractivity contribution in [3.63, 3.8) is 0 Å². The molecule has 1 aromatic carbocycles. The molecular weight excluding hydrogens is 284 g/mol. The van der Waals surface area contributed by atoms with Gasteiger partial charge in [-0.25, -0.2) is 8.42 Å². The Labute approximate surface area is 129 Å². The molecule has 4 nitrogen and oxygen atoms in total. The molecule has 0 bridgehead atoms. The summed E-state index contributed by atoms with van der Waals surface area (Å²) in [7, 11) is -1.58. The van der Waals surface area contributed by atoms with Gasteiger partial charge in [0.1, 0.15) is 0 Å². The summed E-state index contributed by atoms with van der Waals surface area (Å²) in [5.41, 5.74) is 2.96. The number of nitrogens with one attached hydrogen (secondary N) is 1. The van der Waals surface area contributed by atoms with E-state index in [4.69, 9.17) is 0 Å². The lowest BCUT2D eigenvalue weighted by Crippen LogP contribution is -2.38. The molecule has 1 aromatic rings. The van der Waals surface area contributed by atoms with Gasteiger partial charge in [-0.3, -0.25) is 0 Å². The highest BCUT2D eigenvalue weighted by molar-refractivity contribution is 7.89. The van der Waals surface area contributed by atoms with E-state index in [0.29, 0.717) is 18.0 Å². The maximum atomic E-state index is 13.0. The van der Waals surface area contributed by atoms with E-state index < -0.39 is 10.0 Å². The zero-order valence-corrected chi connectivity index (χ0v) is 14.8. The van der Waals surface area contributed by atoms with E-state index in [1.165, 1.54) is 0 Å². The molecule has 1 unspecified atom stereocenters. The fourth-order valence-corrected chi connectivity index (χ4v) is 4.55. The normalized spacial score (nSPS) is 13.7. The first-order valence-corrected chi connectivity index (χ1v) is 9.00. The number of nitrogens with zero attached hydrogens (tertiary/aromatic N) is 1. The van der Waals surface area contributed by atoms with Crippen LogP contribution in [0.25, 0.3) is 0 Å². The third-order valence-electron chi connectivity index (χ3n) is 3.98. The summed E-state index contributed by atoms with van der Waals surface area (Å²) in [6, 6.07) is 3.79. The third-order valence-corrected chi connectivity index (χ3v) is 6.21. The van der Waals surface area contributed by atoms with Gasteiger partial charge >= 0.3 is 0 Å². The molecule has 0 spiro atoms. The summed E-state index contributed by atoms with van der Waals surface area (Å²) in [4.78, 5) is 0.431. The molecule has 0 amide bonds. The minimum Gasteiger partial charge on any atom is -0.316 e. The fraction of sp³-hybridized carbons (Fsp3) is 0.625. The average molecular weight is 312 g/mol. The molecule has 0 heterocycles. The standard InChI is InChI=1S/C16H28N2O2S/c1-7-14(5)18(8-2)21(19,20)16-10-15(11-17-6)12(3)9-13(16)4/h9-10,14,17H,7-8,11H2,1-6H3. The van der Waals surface area contributed by atoms with Crippen LogP contribution < -0.4 is 5.32 Å². The minimum absolute atomic E-state index is 0.00783. The molecule has 0 radical (unpaired) electrons. The van der Waals surface area contributed by atoms with Gasteiger partial charge in [0.05, 0.1) is 4.90 Å². The molecule has 1 N–H and O–H groups in total. The number of aryl methyl sites for hydroxylation is 2. The van der Waals surface area contributed by atoms with Crippen LogP contribution in [0.3, 0.4) is 0 Å². The highest BCUT2D eigenvalue weighted by Gasteiger charge is 2.28. The molecule has 120 valence electrons. The summed E-state index contributed by atoms with van der Waals surface area (Å²) in [5, 5.41) is 3.09. The monoisotopic (exact) mass is 312 g/mol. The van der Waals surface area contributed by atoms with Gasteiger partial charge in [0.2, 0.25) is 10.0 Å². The molecule has 0 saturated heterocycles. The highest BCUT2D eigenvalue weighted by atomic mass is 32.2. The molecule has 1 rings (SSSR count). The molecule has 0 aliphatic rings. The van der Waals surface area contributed by atoms with Crippen molar-refractivity contribution in [3.05, 3.63) is 28.8 Å². The second-order valence-corrected chi connectivity index (χ2v) is 7.40. The van der Waals surface area contributed by atoms with Crippen molar-refractivity contribution >= 4 is 10.0 Å². The Kier molecular flexibility index (Phi) is 6.38. The average Bonchev–Trinajstić information content (AvgIpc) is 2.41. The second kappa shape index (κ2) is 7.38. The van der Waals surface area contributed by atoms with Gasteiger partial charge in [0.15, 0.2) is 0 Å². The van der Waals surface area contributed by atoms with Gasteiger partial charge < -0.3 is 5.32 Å². The third kappa shape index (κ3) is 3.84. The Morgan fingerprint density at radius 1 is 1.19 bits per heavy atom. The smallest absolute Gasteiger partial charge is 0.243 e. The van der Waals surface area contributed by atoms with Crippen LogP contribution in [0, 0.1) is 13.8 Å². The summed E-state index contributed by atoms with van der Waals surface area (Å²) >= 11 is 0. The van der Waals surface area contributed by atoms with Crippen LogP contribution in [0.1, 0.15) is 43.9 Å². The van der Waals surface area contributed by atoms with Crippen molar-refractivity contribution in [2.45, 2.75) is 58.5 Å². The summed E-state index contributed by atoms with van der Waals surface area (Å²) < 4.78 is 27.5. The van der Waals surface area contributed by atoms with E-state index in [1.807, 2.05) is 53.8 Å². The Morgan fingerprint density at radius 3 is 2.29 bits per heavy atom. The Morgan fingerprint density at radius 2 is 1.81 bits per heavy atom. The van der Waals surface area contributed by atoms with Crippen LogP contribution in [0.15, 0.2) is 17.0 Å². The lowest BCUT2D eigenvalue weighted by atomic mass is 10.1. The van der Waals surface area contributed by atoms with E-state index in [1.54, 1.807) is 4.31 Å². The van der Waals surface area contributed by atoms with Crippen molar-refractivity contribution in [1.29, 1.82) is 0 Å². The van der Waals surface area contributed by atoms with Crippen LogP contribution in [0.2, 0.25) is 0 Å². The Hall–Kier alpha value is -0.910. The van der Waals surface area contributed by atoms with Gasteiger partial charge in [-0.1, -0.05) is 19.9 Å². The Balaban J connectivity index is 3.39.